The summed E-state index contributed by atoms with van der Waals surface area (Å²) in [6.45, 7) is 6.64. The van der Waals surface area contributed by atoms with Crippen LogP contribution in [0.1, 0.15) is 32.8 Å². The molecular formula is C15H23NO2. The number of carboxylic acids is 1. The molecular weight excluding hydrogens is 226 g/mol. The molecule has 0 aliphatic carbocycles. The highest BCUT2D eigenvalue weighted by Crippen LogP contribution is 2.15. The fraction of sp³-hybridized carbons (Fsp3) is 0.533. The van der Waals surface area contributed by atoms with E-state index < -0.39 is 11.5 Å². The lowest BCUT2D eigenvalue weighted by Crippen LogP contribution is -2.51. The monoisotopic (exact) mass is 249 g/mol. The molecule has 1 aromatic rings. The molecule has 0 amide bonds. The number of aliphatic carboxylic acids is 1. The Morgan fingerprint density at radius 3 is 2.44 bits per heavy atom. The third-order valence-electron chi connectivity index (χ3n) is 3.13. The Kier molecular flexibility index (Phi) is 5.35. The summed E-state index contributed by atoms with van der Waals surface area (Å²) in [4.78, 5) is 11.4. The van der Waals surface area contributed by atoms with Crippen LogP contribution in [0.3, 0.4) is 0 Å². The maximum Gasteiger partial charge on any atom is 0.323 e. The Hall–Kier alpha value is -1.35. The summed E-state index contributed by atoms with van der Waals surface area (Å²) in [5.74, 6) is -0.334. The molecule has 0 heterocycles. The molecule has 2 N–H and O–H groups in total. The van der Waals surface area contributed by atoms with Crippen LogP contribution in [0, 0.1) is 5.92 Å². The van der Waals surface area contributed by atoms with Gasteiger partial charge >= 0.3 is 5.97 Å². The van der Waals surface area contributed by atoms with E-state index >= 15 is 0 Å². The maximum atomic E-state index is 11.4. The molecule has 0 spiro atoms. The molecule has 0 aliphatic heterocycles. The molecule has 0 aromatic heterocycles. The molecule has 0 bridgehead atoms. The molecule has 0 saturated carbocycles. The zero-order valence-corrected chi connectivity index (χ0v) is 11.4. The number of hydrogen-bond donors (Lipinski definition) is 2. The molecule has 0 fully saturated rings. The maximum absolute atomic E-state index is 11.4. The number of hydrogen-bond acceptors (Lipinski definition) is 2. The van der Waals surface area contributed by atoms with Gasteiger partial charge in [-0.05, 0) is 37.8 Å². The van der Waals surface area contributed by atoms with Gasteiger partial charge in [0.2, 0.25) is 0 Å². The predicted octanol–water partition coefficient (Wildman–Crippen LogP) is 2.71. The van der Waals surface area contributed by atoms with Gasteiger partial charge in [-0.15, -0.1) is 0 Å². The first-order chi connectivity index (χ1) is 8.44. The second-order valence-corrected chi connectivity index (χ2v) is 5.40. The van der Waals surface area contributed by atoms with E-state index in [1.165, 1.54) is 5.56 Å². The van der Waals surface area contributed by atoms with E-state index in [0.29, 0.717) is 12.3 Å². The van der Waals surface area contributed by atoms with Crippen molar-refractivity contribution in [2.75, 3.05) is 6.54 Å². The van der Waals surface area contributed by atoms with Crippen LogP contribution >= 0.6 is 0 Å². The quantitative estimate of drug-likeness (QED) is 0.781. The van der Waals surface area contributed by atoms with Crippen LogP contribution in [0.2, 0.25) is 0 Å². The minimum atomic E-state index is -0.847. The Labute approximate surface area is 109 Å². The third kappa shape index (κ3) is 4.49. The topological polar surface area (TPSA) is 49.3 Å². The van der Waals surface area contributed by atoms with E-state index in [1.54, 1.807) is 6.92 Å². The van der Waals surface area contributed by atoms with Crippen molar-refractivity contribution in [3.05, 3.63) is 35.9 Å². The second-order valence-electron chi connectivity index (χ2n) is 5.40. The molecule has 1 unspecified atom stereocenters. The number of nitrogens with one attached hydrogen (secondary N) is 1. The largest absolute Gasteiger partial charge is 0.480 e. The zero-order chi connectivity index (χ0) is 13.6. The molecule has 3 heteroatoms. The average Bonchev–Trinajstić information content (AvgIpc) is 2.35. The number of benzene rings is 1. The summed E-state index contributed by atoms with van der Waals surface area (Å²) in [6.07, 6.45) is 1.37. The summed E-state index contributed by atoms with van der Waals surface area (Å²) in [5, 5.41) is 12.5. The second kappa shape index (κ2) is 6.55. The molecule has 1 atom stereocenters. The normalized spacial score (nSPS) is 14.4. The summed E-state index contributed by atoms with van der Waals surface area (Å²) < 4.78 is 0. The predicted molar refractivity (Wildman–Crippen MR) is 73.6 cm³/mol. The van der Waals surface area contributed by atoms with E-state index in [9.17, 15) is 9.90 Å². The minimum absolute atomic E-state index is 0.445. The number of carbonyl (C=O) groups is 1. The first-order valence-corrected chi connectivity index (χ1v) is 6.46. The van der Waals surface area contributed by atoms with E-state index in [0.717, 1.165) is 13.0 Å². The van der Waals surface area contributed by atoms with Crippen molar-refractivity contribution in [2.45, 2.75) is 39.2 Å². The lowest BCUT2D eigenvalue weighted by molar-refractivity contribution is -0.144. The molecule has 3 nitrogen and oxygen atoms in total. The highest BCUT2D eigenvalue weighted by molar-refractivity contribution is 5.78. The Bertz CT molecular complexity index is 375. The van der Waals surface area contributed by atoms with Crippen molar-refractivity contribution in [2.24, 2.45) is 5.92 Å². The van der Waals surface area contributed by atoms with E-state index in [4.69, 9.17) is 0 Å². The Morgan fingerprint density at radius 1 is 1.33 bits per heavy atom. The fourth-order valence-corrected chi connectivity index (χ4v) is 1.74. The summed E-state index contributed by atoms with van der Waals surface area (Å²) in [6, 6.07) is 10.00. The van der Waals surface area contributed by atoms with Crippen molar-refractivity contribution >= 4 is 5.97 Å². The summed E-state index contributed by atoms with van der Waals surface area (Å²) in [5.41, 5.74) is 0.330. The average molecular weight is 249 g/mol. The van der Waals surface area contributed by atoms with Gasteiger partial charge in [0.25, 0.3) is 0 Å². The van der Waals surface area contributed by atoms with Crippen molar-refractivity contribution < 1.29 is 9.90 Å². The smallest absolute Gasteiger partial charge is 0.323 e. The van der Waals surface area contributed by atoms with Crippen molar-refractivity contribution in [3.63, 3.8) is 0 Å². The summed E-state index contributed by atoms with van der Waals surface area (Å²) >= 11 is 0. The van der Waals surface area contributed by atoms with Crippen molar-refractivity contribution in [3.8, 4) is 0 Å². The van der Waals surface area contributed by atoms with Gasteiger partial charge < -0.3 is 10.4 Å². The first-order valence-electron chi connectivity index (χ1n) is 6.46. The lowest BCUT2D eigenvalue weighted by atomic mass is 9.92. The number of rotatable bonds is 7. The van der Waals surface area contributed by atoms with Gasteiger partial charge in [0.15, 0.2) is 0 Å². The lowest BCUT2D eigenvalue weighted by Gasteiger charge is -2.27. The fourth-order valence-electron chi connectivity index (χ4n) is 1.74. The highest BCUT2D eigenvalue weighted by Gasteiger charge is 2.32. The van der Waals surface area contributed by atoms with E-state index in [2.05, 4.69) is 19.2 Å². The van der Waals surface area contributed by atoms with Crippen LogP contribution in [0.5, 0.6) is 0 Å². The SMILES string of the molecule is CC(C)CNC(C)(CCc1ccccc1)C(=O)O. The van der Waals surface area contributed by atoms with Crippen LogP contribution in [-0.4, -0.2) is 23.2 Å². The van der Waals surface area contributed by atoms with E-state index in [1.807, 2.05) is 30.3 Å². The number of aryl methyl sites for hydroxylation is 1. The van der Waals surface area contributed by atoms with Crippen LogP contribution in [0.4, 0.5) is 0 Å². The third-order valence-corrected chi connectivity index (χ3v) is 3.13. The Morgan fingerprint density at radius 2 is 1.94 bits per heavy atom. The van der Waals surface area contributed by atoms with Gasteiger partial charge in [0.1, 0.15) is 5.54 Å². The van der Waals surface area contributed by atoms with Crippen LogP contribution < -0.4 is 5.32 Å². The summed E-state index contributed by atoms with van der Waals surface area (Å²) in [7, 11) is 0. The van der Waals surface area contributed by atoms with Gasteiger partial charge in [-0.3, -0.25) is 4.79 Å². The van der Waals surface area contributed by atoms with Gasteiger partial charge in [0, 0.05) is 0 Å². The van der Waals surface area contributed by atoms with Crippen LogP contribution in [0.15, 0.2) is 30.3 Å². The molecule has 18 heavy (non-hydrogen) atoms. The standard InChI is InChI=1S/C15H23NO2/c1-12(2)11-16-15(3,14(17)18)10-9-13-7-5-4-6-8-13/h4-8,12,16H,9-11H2,1-3H3,(H,17,18). The molecule has 1 rings (SSSR count). The van der Waals surface area contributed by atoms with E-state index in [-0.39, 0.29) is 0 Å². The highest BCUT2D eigenvalue weighted by atomic mass is 16.4. The van der Waals surface area contributed by atoms with Crippen molar-refractivity contribution in [1.29, 1.82) is 0 Å². The van der Waals surface area contributed by atoms with Gasteiger partial charge in [-0.25, -0.2) is 0 Å². The molecule has 0 radical (unpaired) electrons. The van der Waals surface area contributed by atoms with Gasteiger partial charge in [-0.1, -0.05) is 44.2 Å². The zero-order valence-electron chi connectivity index (χ0n) is 11.4. The van der Waals surface area contributed by atoms with Crippen molar-refractivity contribution in [1.82, 2.24) is 5.32 Å². The van der Waals surface area contributed by atoms with Crippen LogP contribution in [-0.2, 0) is 11.2 Å². The van der Waals surface area contributed by atoms with Crippen LogP contribution in [0.25, 0.3) is 0 Å². The van der Waals surface area contributed by atoms with Gasteiger partial charge in [-0.2, -0.15) is 0 Å². The molecule has 0 saturated heterocycles. The first kappa shape index (κ1) is 14.7. The number of carboxylic acid groups (broad SMARTS) is 1. The molecule has 1 aromatic carbocycles. The molecule has 0 aliphatic rings. The van der Waals surface area contributed by atoms with Gasteiger partial charge in [0.05, 0.1) is 0 Å². The minimum Gasteiger partial charge on any atom is -0.480 e. The Balaban J connectivity index is 2.60. The molecule has 100 valence electrons.